The second-order valence-electron chi connectivity index (χ2n) is 4.66. The molecule has 0 saturated heterocycles. The summed E-state index contributed by atoms with van der Waals surface area (Å²) in [5.74, 6) is -0.690. The van der Waals surface area contributed by atoms with Gasteiger partial charge in [-0.05, 0) is 12.1 Å². The van der Waals surface area contributed by atoms with Gasteiger partial charge < -0.3 is 14.6 Å². The molecule has 2 rings (SSSR count). The van der Waals surface area contributed by atoms with Crippen LogP contribution in [0, 0.1) is 5.82 Å². The number of carbonyl (C=O) groups is 1. The monoisotopic (exact) mass is 289 g/mol. The molecule has 6 heteroatoms. The van der Waals surface area contributed by atoms with Crippen LogP contribution in [-0.4, -0.2) is 27.7 Å². The fourth-order valence-electron chi connectivity index (χ4n) is 2.07. The number of imidazole rings is 1. The zero-order valence-corrected chi connectivity index (χ0v) is 11.8. The summed E-state index contributed by atoms with van der Waals surface area (Å²) in [5.41, 5.74) is 0.854. The van der Waals surface area contributed by atoms with Crippen molar-refractivity contribution < 1.29 is 14.3 Å². The Bertz CT molecular complexity index is 679. The summed E-state index contributed by atoms with van der Waals surface area (Å²) in [6, 6.07) is 4.57. The van der Waals surface area contributed by atoms with Crippen LogP contribution in [0.3, 0.4) is 0 Å². The summed E-state index contributed by atoms with van der Waals surface area (Å²) < 4.78 is 16.0. The lowest BCUT2D eigenvalue weighted by atomic mass is 10.1. The Labute approximate surface area is 122 Å². The van der Waals surface area contributed by atoms with Gasteiger partial charge in [-0.15, -0.1) is 0 Å². The summed E-state index contributed by atoms with van der Waals surface area (Å²) in [5, 5.41) is 8.71. The van der Waals surface area contributed by atoms with Crippen LogP contribution in [0.2, 0.25) is 0 Å². The van der Waals surface area contributed by atoms with E-state index in [0.29, 0.717) is 17.8 Å². The van der Waals surface area contributed by atoms with Crippen molar-refractivity contribution in [3.63, 3.8) is 0 Å². The Balaban J connectivity index is 2.33. The average molecular weight is 289 g/mol. The molecule has 0 fully saturated rings. The molecule has 1 aromatic carbocycles. The lowest BCUT2D eigenvalue weighted by Crippen LogP contribution is -2.21. The number of aromatic nitrogens is 2. The Morgan fingerprint density at radius 1 is 1.52 bits per heavy atom. The van der Waals surface area contributed by atoms with E-state index >= 15 is 0 Å². The average Bonchev–Trinajstić information content (AvgIpc) is 2.81. The summed E-state index contributed by atoms with van der Waals surface area (Å²) >= 11 is 0. The highest BCUT2D eigenvalue weighted by Crippen LogP contribution is 2.25. The van der Waals surface area contributed by atoms with Gasteiger partial charge in [-0.3, -0.25) is 0 Å². The van der Waals surface area contributed by atoms with Crippen molar-refractivity contribution in [1.82, 2.24) is 9.55 Å². The number of hydrogen-bond acceptors (Lipinski definition) is 3. The maximum Gasteiger partial charge on any atom is 0.328 e. The Morgan fingerprint density at radius 2 is 2.29 bits per heavy atom. The number of aryl methyl sites for hydroxylation is 1. The predicted molar refractivity (Wildman–Crippen MR) is 78.4 cm³/mol. The van der Waals surface area contributed by atoms with Crippen LogP contribution < -0.4 is 4.90 Å². The van der Waals surface area contributed by atoms with E-state index in [1.54, 1.807) is 30.3 Å². The predicted octanol–water partition coefficient (Wildman–Crippen LogP) is 2.29. The minimum absolute atomic E-state index is 0.345. The number of hydrogen-bond donors (Lipinski definition) is 1. The van der Waals surface area contributed by atoms with Gasteiger partial charge >= 0.3 is 5.97 Å². The summed E-state index contributed by atoms with van der Waals surface area (Å²) in [6.07, 6.45) is 5.87. The summed E-state index contributed by atoms with van der Waals surface area (Å²) in [7, 11) is 3.61. The lowest BCUT2D eigenvalue weighted by molar-refractivity contribution is -0.131. The van der Waals surface area contributed by atoms with Gasteiger partial charge in [-0.1, -0.05) is 12.1 Å². The number of carboxylic acids is 1. The molecular formula is C15H16FN3O2. The molecule has 5 nitrogen and oxygen atoms in total. The third-order valence-electron chi connectivity index (χ3n) is 3.10. The first-order valence-corrected chi connectivity index (χ1v) is 6.36. The molecule has 1 aromatic heterocycles. The van der Waals surface area contributed by atoms with Crippen LogP contribution in [-0.2, 0) is 18.4 Å². The van der Waals surface area contributed by atoms with Gasteiger partial charge in [-0.2, -0.15) is 0 Å². The van der Waals surface area contributed by atoms with Gasteiger partial charge in [0.1, 0.15) is 11.6 Å². The molecule has 1 heterocycles. The molecule has 0 atom stereocenters. The summed E-state index contributed by atoms with van der Waals surface area (Å²) in [4.78, 5) is 16.5. The zero-order chi connectivity index (χ0) is 15.4. The van der Waals surface area contributed by atoms with E-state index in [2.05, 4.69) is 4.98 Å². The van der Waals surface area contributed by atoms with Gasteiger partial charge in [0.05, 0.1) is 12.2 Å². The molecule has 0 aliphatic carbocycles. The molecule has 21 heavy (non-hydrogen) atoms. The smallest absolute Gasteiger partial charge is 0.328 e. The topological polar surface area (TPSA) is 58.4 Å². The highest BCUT2D eigenvalue weighted by atomic mass is 19.1. The van der Waals surface area contributed by atoms with Crippen LogP contribution in [0.15, 0.2) is 36.7 Å². The number of para-hydroxylation sites is 1. The zero-order valence-electron chi connectivity index (χ0n) is 11.8. The van der Waals surface area contributed by atoms with Crippen molar-refractivity contribution >= 4 is 17.7 Å². The normalized spacial score (nSPS) is 11.0. The van der Waals surface area contributed by atoms with E-state index in [9.17, 15) is 9.18 Å². The lowest BCUT2D eigenvalue weighted by Gasteiger charge is -2.21. The first-order valence-electron chi connectivity index (χ1n) is 6.36. The molecule has 0 aliphatic heterocycles. The second kappa shape index (κ2) is 6.21. The number of halogens is 1. The molecule has 0 spiro atoms. The summed E-state index contributed by atoms with van der Waals surface area (Å²) in [6.45, 7) is 0.415. The van der Waals surface area contributed by atoms with E-state index in [-0.39, 0.29) is 0 Å². The van der Waals surface area contributed by atoms with Crippen LogP contribution in [0.1, 0.15) is 11.4 Å². The van der Waals surface area contributed by atoms with Gasteiger partial charge in [0.2, 0.25) is 0 Å². The van der Waals surface area contributed by atoms with Gasteiger partial charge in [0.15, 0.2) is 0 Å². The molecule has 0 unspecified atom stereocenters. The molecule has 0 saturated carbocycles. The second-order valence-corrected chi connectivity index (χ2v) is 4.66. The SMILES string of the molecule is CN(Cc1nccn1C)c1c(F)cccc1/C=C/C(=O)O. The Hall–Kier alpha value is -2.63. The van der Waals surface area contributed by atoms with Crippen molar-refractivity contribution in [2.24, 2.45) is 7.05 Å². The largest absolute Gasteiger partial charge is 0.478 e. The quantitative estimate of drug-likeness (QED) is 0.858. The number of benzene rings is 1. The number of carboxylic acid groups (broad SMARTS) is 1. The molecule has 1 N–H and O–H groups in total. The molecule has 0 aliphatic rings. The Kier molecular flexibility index (Phi) is 4.37. The number of aliphatic carboxylic acids is 1. The molecule has 0 amide bonds. The van der Waals surface area contributed by atoms with Crippen molar-refractivity contribution in [2.45, 2.75) is 6.54 Å². The number of nitrogens with zero attached hydrogens (tertiary/aromatic N) is 3. The number of anilines is 1. The van der Waals surface area contributed by atoms with E-state index in [0.717, 1.165) is 11.9 Å². The number of rotatable bonds is 5. The van der Waals surface area contributed by atoms with Gasteiger partial charge in [0, 0.05) is 38.1 Å². The molecule has 2 aromatic rings. The minimum atomic E-state index is -1.07. The maximum absolute atomic E-state index is 14.1. The fourth-order valence-corrected chi connectivity index (χ4v) is 2.07. The standard InChI is InChI=1S/C15H16FN3O2/c1-18-9-8-17-13(18)10-19(2)15-11(6-7-14(20)21)4-3-5-12(15)16/h3-9H,10H2,1-2H3,(H,20,21)/b7-6+. The van der Waals surface area contributed by atoms with Gasteiger partial charge in [-0.25, -0.2) is 14.2 Å². The highest BCUT2D eigenvalue weighted by molar-refractivity contribution is 5.87. The maximum atomic E-state index is 14.1. The third-order valence-corrected chi connectivity index (χ3v) is 3.10. The van der Waals surface area contributed by atoms with E-state index in [1.807, 2.05) is 17.8 Å². The fraction of sp³-hybridized carbons (Fsp3) is 0.200. The Morgan fingerprint density at radius 3 is 2.90 bits per heavy atom. The van der Waals surface area contributed by atoms with E-state index in [4.69, 9.17) is 5.11 Å². The van der Waals surface area contributed by atoms with Crippen LogP contribution in [0.5, 0.6) is 0 Å². The first kappa shape index (κ1) is 14.8. The molecule has 0 radical (unpaired) electrons. The van der Waals surface area contributed by atoms with Crippen molar-refractivity contribution in [3.05, 3.63) is 53.9 Å². The molecule has 0 bridgehead atoms. The van der Waals surface area contributed by atoms with E-state index < -0.39 is 11.8 Å². The van der Waals surface area contributed by atoms with E-state index in [1.165, 1.54) is 12.1 Å². The van der Waals surface area contributed by atoms with Gasteiger partial charge in [0.25, 0.3) is 0 Å². The molecular weight excluding hydrogens is 273 g/mol. The highest BCUT2D eigenvalue weighted by Gasteiger charge is 2.13. The van der Waals surface area contributed by atoms with Crippen LogP contribution in [0.4, 0.5) is 10.1 Å². The van der Waals surface area contributed by atoms with Crippen molar-refractivity contribution in [1.29, 1.82) is 0 Å². The van der Waals surface area contributed by atoms with Crippen molar-refractivity contribution in [2.75, 3.05) is 11.9 Å². The first-order chi connectivity index (χ1) is 9.99. The molecule has 110 valence electrons. The minimum Gasteiger partial charge on any atom is -0.478 e. The van der Waals surface area contributed by atoms with Crippen LogP contribution >= 0.6 is 0 Å². The third kappa shape index (κ3) is 3.47. The van der Waals surface area contributed by atoms with Crippen LogP contribution in [0.25, 0.3) is 6.08 Å². The van der Waals surface area contributed by atoms with Crippen molar-refractivity contribution in [3.8, 4) is 0 Å².